The Balaban J connectivity index is 2.18. The zero-order chi connectivity index (χ0) is 18.6. The molecular formula is C17H26ClN3O3S. The van der Waals surface area contributed by atoms with Crippen LogP contribution in [0.2, 0.25) is 5.02 Å². The van der Waals surface area contributed by atoms with Gasteiger partial charge >= 0.3 is 0 Å². The first-order valence-electron chi connectivity index (χ1n) is 8.44. The van der Waals surface area contributed by atoms with Gasteiger partial charge < -0.3 is 9.80 Å². The Bertz CT molecular complexity index is 701. The van der Waals surface area contributed by atoms with Crippen molar-refractivity contribution < 1.29 is 13.2 Å². The summed E-state index contributed by atoms with van der Waals surface area (Å²) in [5.74, 6) is 0.0240. The first-order valence-corrected chi connectivity index (χ1v) is 10.3. The van der Waals surface area contributed by atoms with Crippen molar-refractivity contribution in [3.05, 3.63) is 29.3 Å². The molecule has 0 spiro atoms. The van der Waals surface area contributed by atoms with Crippen LogP contribution < -0.4 is 4.72 Å². The third-order valence-electron chi connectivity index (χ3n) is 4.22. The van der Waals surface area contributed by atoms with E-state index in [4.69, 9.17) is 11.6 Å². The van der Waals surface area contributed by atoms with Gasteiger partial charge in [0, 0.05) is 31.2 Å². The van der Waals surface area contributed by atoms with Crippen molar-refractivity contribution in [1.82, 2.24) is 14.5 Å². The van der Waals surface area contributed by atoms with E-state index in [0.717, 1.165) is 13.1 Å². The lowest BCUT2D eigenvalue weighted by atomic mass is 10.0. The second kappa shape index (κ2) is 8.49. The van der Waals surface area contributed by atoms with E-state index in [1.54, 1.807) is 17.0 Å². The molecule has 25 heavy (non-hydrogen) atoms. The number of hydrogen-bond acceptors (Lipinski definition) is 4. The molecule has 1 heterocycles. The maximum absolute atomic E-state index is 12.9. The molecule has 0 bridgehead atoms. The standard InChI is InChI=1S/C17H26ClN3O3S/c1-13(2)11-16(17(22)21-9-7-20(3)8-10-21)19-25(23,24)15-6-4-5-14(18)12-15/h4-6,12-13,16,19H,7-11H2,1-3H3/t16-/m1/s1. The predicted octanol–water partition coefficient (Wildman–Crippen LogP) is 1.81. The van der Waals surface area contributed by atoms with Crippen LogP contribution in [0.3, 0.4) is 0 Å². The molecule has 1 aromatic carbocycles. The average Bonchev–Trinajstić information content (AvgIpc) is 2.53. The van der Waals surface area contributed by atoms with Crippen LogP contribution in [0.25, 0.3) is 0 Å². The molecule has 1 aliphatic heterocycles. The lowest BCUT2D eigenvalue weighted by molar-refractivity contribution is -0.135. The minimum Gasteiger partial charge on any atom is -0.339 e. The molecule has 0 aliphatic carbocycles. The van der Waals surface area contributed by atoms with Crippen LogP contribution in [-0.4, -0.2) is 63.4 Å². The Kier molecular flexibility index (Phi) is 6.85. The second-order valence-electron chi connectivity index (χ2n) is 6.89. The van der Waals surface area contributed by atoms with Crippen molar-refractivity contribution in [3.8, 4) is 0 Å². The van der Waals surface area contributed by atoms with Crippen molar-refractivity contribution in [2.75, 3.05) is 33.2 Å². The molecule has 0 unspecified atom stereocenters. The number of sulfonamides is 1. The summed E-state index contributed by atoms with van der Waals surface area (Å²) in [6.07, 6.45) is 0.449. The first-order chi connectivity index (χ1) is 11.7. The van der Waals surface area contributed by atoms with Crippen LogP contribution in [0.4, 0.5) is 0 Å². The maximum Gasteiger partial charge on any atom is 0.241 e. The van der Waals surface area contributed by atoms with Crippen molar-refractivity contribution in [2.24, 2.45) is 5.92 Å². The Morgan fingerprint density at radius 2 is 1.88 bits per heavy atom. The van der Waals surface area contributed by atoms with E-state index in [1.807, 2.05) is 20.9 Å². The monoisotopic (exact) mass is 387 g/mol. The second-order valence-corrected chi connectivity index (χ2v) is 9.04. The van der Waals surface area contributed by atoms with Gasteiger partial charge in [0.2, 0.25) is 15.9 Å². The quantitative estimate of drug-likeness (QED) is 0.808. The van der Waals surface area contributed by atoms with Gasteiger partial charge in [0.1, 0.15) is 6.04 Å². The van der Waals surface area contributed by atoms with Gasteiger partial charge in [0.15, 0.2) is 0 Å². The maximum atomic E-state index is 12.9. The van der Waals surface area contributed by atoms with E-state index in [1.165, 1.54) is 12.1 Å². The third-order valence-corrected chi connectivity index (χ3v) is 5.93. The Morgan fingerprint density at radius 1 is 1.24 bits per heavy atom. The summed E-state index contributed by atoms with van der Waals surface area (Å²) in [4.78, 5) is 16.8. The number of nitrogens with one attached hydrogen (secondary N) is 1. The van der Waals surface area contributed by atoms with Crippen LogP contribution in [-0.2, 0) is 14.8 Å². The molecule has 1 aliphatic rings. The van der Waals surface area contributed by atoms with Gasteiger partial charge in [-0.1, -0.05) is 31.5 Å². The fourth-order valence-corrected chi connectivity index (χ4v) is 4.31. The predicted molar refractivity (Wildman–Crippen MR) is 99.1 cm³/mol. The SMILES string of the molecule is CC(C)C[C@@H](NS(=O)(=O)c1cccc(Cl)c1)C(=O)N1CCN(C)CC1. The highest BCUT2D eigenvalue weighted by Gasteiger charge is 2.31. The van der Waals surface area contributed by atoms with E-state index in [-0.39, 0.29) is 16.7 Å². The number of benzene rings is 1. The molecule has 1 atom stereocenters. The number of rotatable bonds is 6. The van der Waals surface area contributed by atoms with Gasteiger partial charge in [-0.25, -0.2) is 8.42 Å². The van der Waals surface area contributed by atoms with Crippen LogP contribution in [0.5, 0.6) is 0 Å². The molecule has 1 aromatic rings. The van der Waals surface area contributed by atoms with E-state index in [9.17, 15) is 13.2 Å². The number of piperazine rings is 1. The highest BCUT2D eigenvalue weighted by molar-refractivity contribution is 7.89. The van der Waals surface area contributed by atoms with Gasteiger partial charge in [0.25, 0.3) is 0 Å². The molecule has 140 valence electrons. The van der Waals surface area contributed by atoms with Gasteiger partial charge in [-0.15, -0.1) is 0 Å². The number of likely N-dealkylation sites (N-methyl/N-ethyl adjacent to an activating group) is 1. The molecule has 0 aromatic heterocycles. The third kappa shape index (κ3) is 5.67. The summed E-state index contributed by atoms with van der Waals surface area (Å²) in [5.41, 5.74) is 0. The van der Waals surface area contributed by atoms with Crippen LogP contribution in [0.15, 0.2) is 29.2 Å². The molecule has 0 saturated carbocycles. The van der Waals surface area contributed by atoms with Crippen LogP contribution in [0, 0.1) is 5.92 Å². The summed E-state index contributed by atoms with van der Waals surface area (Å²) in [5, 5.41) is 0.341. The highest BCUT2D eigenvalue weighted by Crippen LogP contribution is 2.18. The molecule has 8 heteroatoms. The summed E-state index contributed by atoms with van der Waals surface area (Å²) < 4.78 is 27.9. The fraction of sp³-hybridized carbons (Fsp3) is 0.588. The Morgan fingerprint density at radius 3 is 2.44 bits per heavy atom. The summed E-state index contributed by atoms with van der Waals surface area (Å²) in [6.45, 7) is 6.75. The van der Waals surface area contributed by atoms with Crippen molar-refractivity contribution >= 4 is 27.5 Å². The van der Waals surface area contributed by atoms with Crippen LogP contribution in [0.1, 0.15) is 20.3 Å². The number of carbonyl (C=O) groups excluding carboxylic acids is 1. The molecule has 1 amide bonds. The number of nitrogens with zero attached hydrogens (tertiary/aromatic N) is 2. The first kappa shape index (κ1) is 20.2. The summed E-state index contributed by atoms with van der Waals surface area (Å²) in [6, 6.07) is 5.28. The lowest BCUT2D eigenvalue weighted by Gasteiger charge is -2.35. The van der Waals surface area contributed by atoms with Crippen LogP contribution >= 0.6 is 11.6 Å². The molecule has 1 N–H and O–H groups in total. The topological polar surface area (TPSA) is 69.7 Å². The van der Waals surface area contributed by atoms with Crippen molar-refractivity contribution in [1.29, 1.82) is 0 Å². The van der Waals surface area contributed by atoms with E-state index in [2.05, 4.69) is 9.62 Å². The van der Waals surface area contributed by atoms with Gasteiger partial charge in [0.05, 0.1) is 4.90 Å². The molecule has 1 saturated heterocycles. The fourth-order valence-electron chi connectivity index (χ4n) is 2.81. The largest absolute Gasteiger partial charge is 0.339 e. The molecule has 2 rings (SSSR count). The number of carbonyl (C=O) groups is 1. The number of amides is 1. The lowest BCUT2D eigenvalue weighted by Crippen LogP contribution is -2.54. The minimum atomic E-state index is -3.81. The van der Waals surface area contributed by atoms with Crippen molar-refractivity contribution in [3.63, 3.8) is 0 Å². The van der Waals surface area contributed by atoms with Gasteiger partial charge in [-0.2, -0.15) is 4.72 Å². The normalized spacial score (nSPS) is 17.7. The number of hydrogen-bond donors (Lipinski definition) is 1. The Hall–Kier alpha value is -1.15. The molecule has 6 nitrogen and oxygen atoms in total. The van der Waals surface area contributed by atoms with Gasteiger partial charge in [-0.3, -0.25) is 4.79 Å². The smallest absolute Gasteiger partial charge is 0.241 e. The molecule has 0 radical (unpaired) electrons. The van der Waals surface area contributed by atoms with E-state index in [0.29, 0.717) is 24.5 Å². The summed E-state index contributed by atoms with van der Waals surface area (Å²) >= 11 is 5.90. The highest BCUT2D eigenvalue weighted by atomic mass is 35.5. The number of halogens is 1. The Labute approximate surface area is 155 Å². The van der Waals surface area contributed by atoms with Gasteiger partial charge in [-0.05, 0) is 37.6 Å². The molecule has 1 fully saturated rings. The summed E-state index contributed by atoms with van der Waals surface area (Å²) in [7, 11) is -1.81. The van der Waals surface area contributed by atoms with E-state index >= 15 is 0 Å². The zero-order valence-electron chi connectivity index (χ0n) is 14.9. The minimum absolute atomic E-state index is 0.0694. The van der Waals surface area contributed by atoms with Crippen molar-refractivity contribution in [2.45, 2.75) is 31.2 Å². The molecular weight excluding hydrogens is 362 g/mol. The van der Waals surface area contributed by atoms with E-state index < -0.39 is 16.1 Å². The average molecular weight is 388 g/mol. The zero-order valence-corrected chi connectivity index (χ0v) is 16.5.